The van der Waals surface area contributed by atoms with Crippen molar-refractivity contribution in [3.8, 4) is 0 Å². The van der Waals surface area contributed by atoms with Crippen LogP contribution in [-0.4, -0.2) is 25.9 Å². The number of hydrogen-bond donors (Lipinski definition) is 1. The van der Waals surface area contributed by atoms with Crippen molar-refractivity contribution in [3.05, 3.63) is 57.5 Å². The molecule has 1 N–H and O–H groups in total. The molecule has 124 valence electrons. The summed E-state index contributed by atoms with van der Waals surface area (Å²) >= 11 is 1.30. The van der Waals surface area contributed by atoms with Crippen molar-refractivity contribution in [2.45, 2.75) is 18.4 Å². The number of thiophene rings is 1. The number of hydrogen-bond acceptors (Lipinski definition) is 6. The summed E-state index contributed by atoms with van der Waals surface area (Å²) in [6.07, 6.45) is 0. The van der Waals surface area contributed by atoms with Gasteiger partial charge in [-0.1, -0.05) is 19.1 Å². The molecule has 24 heavy (non-hydrogen) atoms. The topological polar surface area (TPSA) is 89.1 Å². The van der Waals surface area contributed by atoms with Crippen molar-refractivity contribution in [2.75, 3.05) is 5.75 Å². The molecular formula is C16H14N2O4S2. The van der Waals surface area contributed by atoms with Crippen molar-refractivity contribution in [3.63, 3.8) is 0 Å². The van der Waals surface area contributed by atoms with Crippen molar-refractivity contribution in [2.24, 2.45) is 0 Å². The zero-order valence-electron chi connectivity index (χ0n) is 12.8. The van der Waals surface area contributed by atoms with E-state index in [9.17, 15) is 13.8 Å². The van der Waals surface area contributed by atoms with Gasteiger partial charge in [0.1, 0.15) is 17.1 Å². The van der Waals surface area contributed by atoms with Crippen LogP contribution in [0.5, 0.6) is 0 Å². The number of nitrogens with one attached hydrogen (secondary N) is 1. The Morgan fingerprint density at radius 1 is 1.33 bits per heavy atom. The van der Waals surface area contributed by atoms with E-state index in [1.807, 2.05) is 0 Å². The molecule has 0 saturated heterocycles. The molecule has 0 bridgehead atoms. The first-order valence-electron chi connectivity index (χ1n) is 7.21. The number of benzene rings is 1. The molecule has 0 fully saturated rings. The summed E-state index contributed by atoms with van der Waals surface area (Å²) in [6.45, 7) is 1.62. The van der Waals surface area contributed by atoms with Crippen LogP contribution in [0.25, 0.3) is 10.2 Å². The molecule has 3 rings (SSSR count). The third kappa shape index (κ3) is 3.29. The Kier molecular flexibility index (Phi) is 4.86. The van der Waals surface area contributed by atoms with E-state index in [0.29, 0.717) is 20.9 Å². The van der Waals surface area contributed by atoms with Crippen molar-refractivity contribution in [1.29, 1.82) is 0 Å². The van der Waals surface area contributed by atoms with Gasteiger partial charge in [-0.3, -0.25) is 9.00 Å². The lowest BCUT2D eigenvalue weighted by molar-refractivity contribution is 0.0458. The number of rotatable bonds is 5. The second kappa shape index (κ2) is 7.06. The SMILES string of the molecule is CC[S@@](=O)c1ccccc1C(=O)OCc1nc2ccsc2c(=O)[nH]1. The van der Waals surface area contributed by atoms with E-state index in [4.69, 9.17) is 4.74 Å². The minimum Gasteiger partial charge on any atom is -0.454 e. The molecule has 1 aromatic carbocycles. The number of carbonyl (C=O) groups is 1. The van der Waals surface area contributed by atoms with Crippen molar-refractivity contribution >= 4 is 38.3 Å². The molecule has 0 spiro atoms. The minimum atomic E-state index is -1.26. The van der Waals surface area contributed by atoms with Crippen LogP contribution >= 0.6 is 11.3 Å². The first-order chi connectivity index (χ1) is 11.6. The summed E-state index contributed by atoms with van der Waals surface area (Å²) in [5.74, 6) is 0.0855. The molecule has 0 saturated carbocycles. The summed E-state index contributed by atoms with van der Waals surface area (Å²) in [7, 11) is -1.26. The van der Waals surface area contributed by atoms with Crippen LogP contribution in [0.2, 0.25) is 0 Å². The van der Waals surface area contributed by atoms with Crippen LogP contribution in [0.1, 0.15) is 23.1 Å². The second-order valence-corrected chi connectivity index (χ2v) is 7.48. The van der Waals surface area contributed by atoms with Gasteiger partial charge in [0, 0.05) is 5.75 Å². The van der Waals surface area contributed by atoms with Gasteiger partial charge in [0.25, 0.3) is 5.56 Å². The predicted molar refractivity (Wildman–Crippen MR) is 92.8 cm³/mol. The Hall–Kier alpha value is -2.32. The molecule has 0 amide bonds. The summed E-state index contributed by atoms with van der Waals surface area (Å²) in [5, 5.41) is 1.78. The predicted octanol–water partition coefficient (Wildman–Crippen LogP) is 2.47. The maximum Gasteiger partial charge on any atom is 0.339 e. The summed E-state index contributed by atoms with van der Waals surface area (Å²) in [6, 6.07) is 8.37. The van der Waals surface area contributed by atoms with Crippen LogP contribution in [0, 0.1) is 0 Å². The van der Waals surface area contributed by atoms with Gasteiger partial charge in [-0.15, -0.1) is 11.3 Å². The zero-order chi connectivity index (χ0) is 17.1. The fraction of sp³-hybridized carbons (Fsp3) is 0.188. The van der Waals surface area contributed by atoms with Gasteiger partial charge in [0.15, 0.2) is 0 Å². The minimum absolute atomic E-state index is 0.160. The van der Waals surface area contributed by atoms with Crippen LogP contribution in [0.3, 0.4) is 0 Å². The van der Waals surface area contributed by atoms with Gasteiger partial charge in [-0.2, -0.15) is 0 Å². The van der Waals surface area contributed by atoms with Crippen LogP contribution < -0.4 is 5.56 Å². The molecule has 0 aliphatic heterocycles. The average molecular weight is 362 g/mol. The quantitative estimate of drug-likeness (QED) is 0.704. The highest BCUT2D eigenvalue weighted by molar-refractivity contribution is 7.85. The molecule has 2 heterocycles. The number of aromatic nitrogens is 2. The van der Waals surface area contributed by atoms with Crippen LogP contribution in [0.15, 0.2) is 45.4 Å². The highest BCUT2D eigenvalue weighted by atomic mass is 32.2. The first-order valence-corrected chi connectivity index (χ1v) is 9.41. The second-order valence-electron chi connectivity index (χ2n) is 4.85. The monoisotopic (exact) mass is 362 g/mol. The van der Waals surface area contributed by atoms with Gasteiger partial charge in [0.2, 0.25) is 0 Å². The molecule has 0 unspecified atom stereocenters. The van der Waals surface area contributed by atoms with Crippen molar-refractivity contribution in [1.82, 2.24) is 9.97 Å². The van der Waals surface area contributed by atoms with Crippen LogP contribution in [0.4, 0.5) is 0 Å². The fourth-order valence-corrected chi connectivity index (χ4v) is 3.85. The summed E-state index contributed by atoms with van der Waals surface area (Å²) in [5.41, 5.74) is 0.576. The normalized spacial score (nSPS) is 12.2. The maximum absolute atomic E-state index is 12.3. The summed E-state index contributed by atoms with van der Waals surface area (Å²) in [4.78, 5) is 31.5. The molecule has 2 aromatic heterocycles. The molecular weight excluding hydrogens is 348 g/mol. The molecule has 6 nitrogen and oxygen atoms in total. The Morgan fingerprint density at radius 2 is 2.12 bits per heavy atom. The van der Waals surface area contributed by atoms with E-state index < -0.39 is 16.8 Å². The molecule has 1 atom stereocenters. The smallest absolute Gasteiger partial charge is 0.339 e. The number of fused-ring (bicyclic) bond motifs is 1. The Balaban J connectivity index is 1.80. The van der Waals surface area contributed by atoms with E-state index in [-0.39, 0.29) is 23.6 Å². The number of nitrogens with zero attached hydrogens (tertiary/aromatic N) is 1. The number of aromatic amines is 1. The maximum atomic E-state index is 12.3. The number of H-pyrrole nitrogens is 1. The summed E-state index contributed by atoms with van der Waals surface area (Å²) < 4.78 is 17.8. The Labute approximate surface area is 144 Å². The number of esters is 1. The van der Waals surface area contributed by atoms with Gasteiger partial charge >= 0.3 is 5.97 Å². The largest absolute Gasteiger partial charge is 0.454 e. The highest BCUT2D eigenvalue weighted by Crippen LogP contribution is 2.17. The fourth-order valence-electron chi connectivity index (χ4n) is 2.19. The molecule has 3 aromatic rings. The van der Waals surface area contributed by atoms with Crippen LogP contribution in [-0.2, 0) is 22.1 Å². The first kappa shape index (κ1) is 16.5. The standard InChI is InChI=1S/C16H14N2O4S2/c1-2-24(21)12-6-4-3-5-10(12)16(20)22-9-13-17-11-7-8-23-14(11)15(19)18-13/h3-8H,2,9H2,1H3,(H,17,18,19)/t24-/m1/s1. The number of ether oxygens (including phenoxy) is 1. The highest BCUT2D eigenvalue weighted by Gasteiger charge is 2.16. The van der Waals surface area contributed by atoms with E-state index in [1.165, 1.54) is 11.3 Å². The average Bonchev–Trinajstić information content (AvgIpc) is 3.08. The lowest BCUT2D eigenvalue weighted by atomic mass is 10.2. The van der Waals surface area contributed by atoms with Gasteiger partial charge in [-0.05, 0) is 23.6 Å². The van der Waals surface area contributed by atoms with E-state index >= 15 is 0 Å². The number of carbonyl (C=O) groups excluding carboxylic acids is 1. The van der Waals surface area contributed by atoms with Gasteiger partial charge < -0.3 is 9.72 Å². The van der Waals surface area contributed by atoms with Gasteiger partial charge in [0.05, 0.1) is 26.8 Å². The van der Waals surface area contributed by atoms with Crippen molar-refractivity contribution < 1.29 is 13.7 Å². The molecule has 0 radical (unpaired) electrons. The molecule has 0 aliphatic rings. The third-order valence-electron chi connectivity index (χ3n) is 3.32. The third-order valence-corrected chi connectivity index (χ3v) is 5.59. The Bertz CT molecular complexity index is 977. The molecule has 8 heteroatoms. The van der Waals surface area contributed by atoms with Gasteiger partial charge in [-0.25, -0.2) is 9.78 Å². The lowest BCUT2D eigenvalue weighted by Gasteiger charge is -2.08. The zero-order valence-corrected chi connectivity index (χ0v) is 14.4. The van der Waals surface area contributed by atoms with E-state index in [0.717, 1.165) is 0 Å². The molecule has 0 aliphatic carbocycles. The van der Waals surface area contributed by atoms with E-state index in [2.05, 4.69) is 9.97 Å². The lowest BCUT2D eigenvalue weighted by Crippen LogP contribution is -2.14. The van der Waals surface area contributed by atoms with E-state index in [1.54, 1.807) is 42.6 Å². The Morgan fingerprint density at radius 3 is 2.92 bits per heavy atom.